The molecule has 0 unspecified atom stereocenters. The number of thiazole rings is 1. The molecule has 4 aromatic rings. The number of aryl methyl sites for hydroxylation is 1. The van der Waals surface area contributed by atoms with Gasteiger partial charge in [0, 0.05) is 53.1 Å². The van der Waals surface area contributed by atoms with Crippen LogP contribution in [0.4, 0.5) is 17.1 Å². The summed E-state index contributed by atoms with van der Waals surface area (Å²) in [5, 5.41) is 18.0. The van der Waals surface area contributed by atoms with Crippen molar-refractivity contribution >= 4 is 34.6 Å². The van der Waals surface area contributed by atoms with Crippen molar-refractivity contribution in [3.05, 3.63) is 115 Å². The van der Waals surface area contributed by atoms with Crippen molar-refractivity contribution in [1.82, 2.24) is 4.68 Å². The third-order valence-corrected chi connectivity index (χ3v) is 8.02. The topological polar surface area (TPSA) is 76.0 Å². The van der Waals surface area contributed by atoms with Crippen LogP contribution in [0.5, 0.6) is 0 Å². The monoisotopic (exact) mass is 523 g/mol. The van der Waals surface area contributed by atoms with E-state index in [4.69, 9.17) is 10.1 Å². The second-order valence-electron chi connectivity index (χ2n) is 9.87. The fourth-order valence-corrected chi connectivity index (χ4v) is 5.72. The summed E-state index contributed by atoms with van der Waals surface area (Å²) in [6, 6.07) is 21.0. The van der Waals surface area contributed by atoms with E-state index in [1.165, 1.54) is 40.3 Å². The number of non-ortho nitro benzene ring substituents is 1. The summed E-state index contributed by atoms with van der Waals surface area (Å²) in [7, 11) is 2.08. The van der Waals surface area contributed by atoms with Crippen LogP contribution in [-0.2, 0) is 5.41 Å². The van der Waals surface area contributed by atoms with Gasteiger partial charge in [0.2, 0.25) is 4.80 Å². The highest BCUT2D eigenvalue weighted by Gasteiger charge is 2.37. The molecular formula is C30H29N5O2S. The van der Waals surface area contributed by atoms with Gasteiger partial charge in [-0.2, -0.15) is 5.10 Å². The van der Waals surface area contributed by atoms with Crippen molar-refractivity contribution in [3.8, 4) is 11.3 Å². The zero-order chi connectivity index (χ0) is 27.0. The first-order chi connectivity index (χ1) is 18.2. The third-order valence-electron chi connectivity index (χ3n) is 7.21. The Balaban J connectivity index is 1.61. The summed E-state index contributed by atoms with van der Waals surface area (Å²) in [6.45, 7) is 8.57. The molecule has 0 amide bonds. The van der Waals surface area contributed by atoms with E-state index in [-0.39, 0.29) is 11.1 Å². The van der Waals surface area contributed by atoms with Crippen LogP contribution in [-0.4, -0.2) is 22.9 Å². The van der Waals surface area contributed by atoms with Gasteiger partial charge in [0.05, 0.1) is 16.3 Å². The van der Waals surface area contributed by atoms with Gasteiger partial charge in [-0.15, -0.1) is 11.3 Å². The van der Waals surface area contributed by atoms with E-state index in [2.05, 4.69) is 70.0 Å². The first-order valence-electron chi connectivity index (χ1n) is 12.3. The van der Waals surface area contributed by atoms with E-state index in [0.29, 0.717) is 4.80 Å². The number of rotatable bonds is 5. The Labute approximate surface area is 225 Å². The molecule has 0 spiro atoms. The van der Waals surface area contributed by atoms with Crippen molar-refractivity contribution in [2.24, 2.45) is 10.1 Å². The summed E-state index contributed by atoms with van der Waals surface area (Å²) in [4.78, 5) is 18.6. The van der Waals surface area contributed by atoms with Crippen molar-refractivity contribution in [3.63, 3.8) is 0 Å². The molecule has 1 aromatic heterocycles. The predicted octanol–water partition coefficient (Wildman–Crippen LogP) is 7.12. The normalized spacial score (nSPS) is 16.0. The summed E-state index contributed by atoms with van der Waals surface area (Å²) in [6.07, 6.45) is 3.86. The van der Waals surface area contributed by atoms with Gasteiger partial charge < -0.3 is 4.90 Å². The standard InChI is InChI=1S/C30H29N5O2S/c1-20-9-8-11-25(21(20)2)32-29-34(27(19-38-29)22-13-15-23(16-14-22)35(36)37)31-18-17-28-30(3,4)24-10-6-7-12-26(24)33(28)5/h6-19H,1-5H3. The molecule has 192 valence electrons. The molecule has 0 atom stereocenters. The molecule has 7 nitrogen and oxygen atoms in total. The number of hydrogen-bond acceptors (Lipinski definition) is 6. The Bertz CT molecular complexity index is 1660. The highest BCUT2D eigenvalue weighted by Crippen LogP contribution is 2.46. The smallest absolute Gasteiger partial charge is 0.269 e. The predicted molar refractivity (Wildman–Crippen MR) is 155 cm³/mol. The number of allylic oxidation sites excluding steroid dienone is 2. The minimum atomic E-state index is -0.394. The third kappa shape index (κ3) is 4.48. The number of aromatic nitrogens is 1. The minimum Gasteiger partial charge on any atom is -0.347 e. The van der Waals surface area contributed by atoms with Crippen molar-refractivity contribution < 1.29 is 4.92 Å². The quantitative estimate of drug-likeness (QED) is 0.159. The fraction of sp³-hybridized carbons (Fsp3) is 0.200. The van der Waals surface area contributed by atoms with Gasteiger partial charge in [-0.05, 0) is 60.9 Å². The van der Waals surface area contributed by atoms with Crippen molar-refractivity contribution in [1.29, 1.82) is 0 Å². The van der Waals surface area contributed by atoms with Gasteiger partial charge in [-0.3, -0.25) is 10.1 Å². The molecule has 5 rings (SSSR count). The molecule has 38 heavy (non-hydrogen) atoms. The highest BCUT2D eigenvalue weighted by molar-refractivity contribution is 7.07. The lowest BCUT2D eigenvalue weighted by atomic mass is 9.84. The summed E-state index contributed by atoms with van der Waals surface area (Å²) < 4.78 is 1.81. The zero-order valence-corrected chi connectivity index (χ0v) is 22.9. The molecule has 0 saturated carbocycles. The van der Waals surface area contributed by atoms with Gasteiger partial charge in [0.15, 0.2) is 0 Å². The second kappa shape index (κ2) is 9.87. The molecule has 3 aromatic carbocycles. The minimum absolute atomic E-state index is 0.0510. The Kier molecular flexibility index (Phi) is 6.59. The highest BCUT2D eigenvalue weighted by atomic mass is 32.1. The molecule has 0 bridgehead atoms. The number of hydrogen-bond donors (Lipinski definition) is 0. The number of nitro groups is 1. The van der Waals surface area contributed by atoms with Crippen LogP contribution >= 0.6 is 11.3 Å². The fourth-order valence-electron chi connectivity index (χ4n) is 4.87. The molecule has 1 aliphatic heterocycles. The molecule has 2 heterocycles. The van der Waals surface area contributed by atoms with Crippen LogP contribution in [0.1, 0.15) is 30.5 Å². The number of fused-ring (bicyclic) bond motifs is 1. The Morgan fingerprint density at radius 3 is 2.45 bits per heavy atom. The molecule has 8 heteroatoms. The summed E-state index contributed by atoms with van der Waals surface area (Å²) in [5.74, 6) is 0. The number of anilines is 1. The van der Waals surface area contributed by atoms with Crippen LogP contribution in [0.2, 0.25) is 0 Å². The van der Waals surface area contributed by atoms with E-state index in [1.807, 2.05) is 29.8 Å². The molecule has 0 fully saturated rings. The van der Waals surface area contributed by atoms with Gasteiger partial charge in [0.25, 0.3) is 5.69 Å². The van der Waals surface area contributed by atoms with Gasteiger partial charge in [0.1, 0.15) is 0 Å². The number of nitro benzene ring substituents is 1. The first-order valence-corrected chi connectivity index (χ1v) is 13.2. The number of para-hydroxylation sites is 1. The van der Waals surface area contributed by atoms with Crippen LogP contribution in [0.3, 0.4) is 0 Å². The summed E-state index contributed by atoms with van der Waals surface area (Å²) in [5.41, 5.74) is 8.31. The lowest BCUT2D eigenvalue weighted by Crippen LogP contribution is -2.23. The molecule has 0 saturated heterocycles. The average molecular weight is 524 g/mol. The van der Waals surface area contributed by atoms with Crippen molar-refractivity contribution in [2.45, 2.75) is 33.1 Å². The van der Waals surface area contributed by atoms with E-state index in [9.17, 15) is 10.1 Å². The SMILES string of the molecule is Cc1cccc(N=c2scc(-c3ccc([N+](=O)[O-])cc3)n2N=CC=C2N(C)c3ccccc3C2(C)C)c1C. The molecule has 0 radical (unpaired) electrons. The van der Waals surface area contributed by atoms with Crippen molar-refractivity contribution in [2.75, 3.05) is 11.9 Å². The van der Waals surface area contributed by atoms with Crippen LogP contribution in [0.25, 0.3) is 11.3 Å². The Morgan fingerprint density at radius 2 is 1.74 bits per heavy atom. The van der Waals surface area contributed by atoms with Gasteiger partial charge in [-0.25, -0.2) is 9.67 Å². The molecule has 1 aliphatic rings. The number of nitrogens with zero attached hydrogens (tertiary/aromatic N) is 5. The van der Waals surface area contributed by atoms with Gasteiger partial charge >= 0.3 is 0 Å². The van der Waals surface area contributed by atoms with E-state index in [1.54, 1.807) is 16.8 Å². The van der Waals surface area contributed by atoms with E-state index in [0.717, 1.165) is 28.2 Å². The van der Waals surface area contributed by atoms with E-state index < -0.39 is 4.92 Å². The second-order valence-corrected chi connectivity index (χ2v) is 10.7. The number of benzene rings is 3. The maximum absolute atomic E-state index is 11.2. The Morgan fingerprint density at radius 1 is 1.00 bits per heavy atom. The lowest BCUT2D eigenvalue weighted by molar-refractivity contribution is -0.384. The van der Waals surface area contributed by atoms with Crippen LogP contribution in [0.15, 0.2) is 94.0 Å². The first kappa shape index (κ1) is 25.4. The van der Waals surface area contributed by atoms with Crippen LogP contribution in [0, 0.1) is 24.0 Å². The molecule has 0 aliphatic carbocycles. The Hall–Kier alpha value is -4.30. The maximum Gasteiger partial charge on any atom is 0.269 e. The summed E-state index contributed by atoms with van der Waals surface area (Å²) >= 11 is 1.48. The molecular weight excluding hydrogens is 494 g/mol. The van der Waals surface area contributed by atoms with E-state index >= 15 is 0 Å². The zero-order valence-electron chi connectivity index (χ0n) is 22.0. The van der Waals surface area contributed by atoms with Crippen LogP contribution < -0.4 is 9.70 Å². The van der Waals surface area contributed by atoms with Gasteiger partial charge in [-0.1, -0.05) is 44.2 Å². The largest absolute Gasteiger partial charge is 0.347 e. The maximum atomic E-state index is 11.2. The lowest BCUT2D eigenvalue weighted by Gasteiger charge is -2.23. The molecule has 0 N–H and O–H groups in total. The average Bonchev–Trinajstić information content (AvgIpc) is 3.38. The number of likely N-dealkylation sites (N-methyl/N-ethyl adjacent to an activating group) is 1.